The molecule has 0 heterocycles. The molecule has 196 valence electrons. The van der Waals surface area contributed by atoms with Crippen molar-refractivity contribution in [2.24, 2.45) is 0 Å². The fraction of sp³-hybridized carbons (Fsp3) is 0.107. The number of nitrogens with one attached hydrogen (secondary N) is 1. The lowest BCUT2D eigenvalue weighted by molar-refractivity contribution is -0.137. The van der Waals surface area contributed by atoms with E-state index in [1.165, 1.54) is 24.3 Å². The van der Waals surface area contributed by atoms with E-state index in [1.807, 2.05) is 0 Å². The van der Waals surface area contributed by atoms with Crippen molar-refractivity contribution in [2.45, 2.75) is 23.9 Å². The van der Waals surface area contributed by atoms with E-state index in [0.717, 1.165) is 23.3 Å². The zero-order valence-electron chi connectivity index (χ0n) is 19.7. The fourth-order valence-corrected chi connectivity index (χ4v) is 4.99. The second kappa shape index (κ2) is 10.7. The molecular weight excluding hydrogens is 522 g/mol. The van der Waals surface area contributed by atoms with Crippen LogP contribution < -0.4 is 4.72 Å². The van der Waals surface area contributed by atoms with Crippen LogP contribution in [0.2, 0.25) is 0 Å². The van der Waals surface area contributed by atoms with Gasteiger partial charge in [-0.15, -0.1) is 0 Å². The highest BCUT2D eigenvalue weighted by atomic mass is 32.2. The molecule has 0 spiro atoms. The first kappa shape index (κ1) is 26.9. The Hall–Kier alpha value is -4.18. The van der Waals surface area contributed by atoms with Gasteiger partial charge in [0.15, 0.2) is 0 Å². The van der Waals surface area contributed by atoms with E-state index in [2.05, 4.69) is 4.72 Å². The fourth-order valence-electron chi connectivity index (χ4n) is 3.94. The Kier molecular flexibility index (Phi) is 7.54. The van der Waals surface area contributed by atoms with E-state index in [0.29, 0.717) is 36.1 Å². The first-order valence-electron chi connectivity index (χ1n) is 11.3. The van der Waals surface area contributed by atoms with Crippen LogP contribution in [0.15, 0.2) is 95.9 Å². The molecule has 0 radical (unpaired) electrons. The van der Waals surface area contributed by atoms with Gasteiger partial charge in [0, 0.05) is 5.69 Å². The van der Waals surface area contributed by atoms with Crippen LogP contribution in [0, 0.1) is 5.82 Å². The van der Waals surface area contributed by atoms with Gasteiger partial charge in [-0.1, -0.05) is 36.4 Å². The summed E-state index contributed by atoms with van der Waals surface area (Å²) in [6.45, 7) is 0. The first-order valence-corrected chi connectivity index (χ1v) is 12.8. The normalized spacial score (nSPS) is 11.8. The number of sulfonamides is 1. The summed E-state index contributed by atoms with van der Waals surface area (Å²) in [6, 6.07) is 20.3. The van der Waals surface area contributed by atoms with Crippen LogP contribution in [-0.4, -0.2) is 19.5 Å². The monoisotopic (exact) mass is 543 g/mol. The number of hydrogen-bond donors (Lipinski definition) is 2. The molecule has 0 aromatic heterocycles. The summed E-state index contributed by atoms with van der Waals surface area (Å²) in [4.78, 5) is 11.4. The van der Waals surface area contributed by atoms with Gasteiger partial charge in [0.25, 0.3) is 10.0 Å². The minimum atomic E-state index is -4.58. The van der Waals surface area contributed by atoms with Crippen LogP contribution in [0.3, 0.4) is 0 Å². The first-order chi connectivity index (χ1) is 17.9. The Bertz CT molecular complexity index is 1570. The number of aryl methyl sites for hydroxylation is 2. The van der Waals surface area contributed by atoms with Gasteiger partial charge < -0.3 is 5.11 Å². The summed E-state index contributed by atoms with van der Waals surface area (Å²) >= 11 is 0. The van der Waals surface area contributed by atoms with Crippen molar-refractivity contribution in [3.8, 4) is 11.1 Å². The minimum Gasteiger partial charge on any atom is -0.478 e. The molecule has 10 heteroatoms. The summed E-state index contributed by atoms with van der Waals surface area (Å²) < 4.78 is 79.4. The van der Waals surface area contributed by atoms with Crippen molar-refractivity contribution in [2.75, 3.05) is 4.72 Å². The Morgan fingerprint density at radius 2 is 1.47 bits per heavy atom. The van der Waals surface area contributed by atoms with E-state index < -0.39 is 27.7 Å². The number of carboxylic acids is 1. The quantitative estimate of drug-likeness (QED) is 0.240. The van der Waals surface area contributed by atoms with Gasteiger partial charge in [-0.2, -0.15) is 13.2 Å². The van der Waals surface area contributed by atoms with Crippen LogP contribution in [0.1, 0.15) is 27.0 Å². The Morgan fingerprint density at radius 1 is 0.816 bits per heavy atom. The number of anilines is 1. The molecule has 4 aromatic carbocycles. The molecule has 0 aliphatic heterocycles. The van der Waals surface area contributed by atoms with Crippen LogP contribution in [0.25, 0.3) is 11.1 Å². The van der Waals surface area contributed by atoms with Gasteiger partial charge in [-0.05, 0) is 89.7 Å². The Labute approximate surface area is 216 Å². The largest absolute Gasteiger partial charge is 0.478 e. The summed E-state index contributed by atoms with van der Waals surface area (Å²) in [7, 11) is -4.14. The molecule has 2 N–H and O–H groups in total. The Balaban J connectivity index is 1.52. The third-order valence-electron chi connectivity index (χ3n) is 5.87. The lowest BCUT2D eigenvalue weighted by atomic mass is 9.95. The maximum Gasteiger partial charge on any atom is 0.416 e. The average Bonchev–Trinajstić information content (AvgIpc) is 2.87. The molecule has 5 nitrogen and oxygen atoms in total. The molecule has 0 saturated carbocycles. The molecule has 0 fully saturated rings. The predicted octanol–water partition coefficient (Wildman–Crippen LogP) is 6.80. The molecule has 38 heavy (non-hydrogen) atoms. The molecule has 0 unspecified atom stereocenters. The third-order valence-corrected chi connectivity index (χ3v) is 7.26. The highest BCUT2D eigenvalue weighted by molar-refractivity contribution is 7.92. The SMILES string of the molecule is O=C(O)c1ccc(-c2ccc(F)cc2)cc1CCc1cccc(NS(=O)(=O)c2ccc(C(F)(F)F)cc2)c1. The van der Waals surface area contributed by atoms with Crippen LogP contribution in [0.4, 0.5) is 23.2 Å². The third kappa shape index (κ3) is 6.38. The summed E-state index contributed by atoms with van der Waals surface area (Å²) in [6.07, 6.45) is -3.88. The lowest BCUT2D eigenvalue weighted by Gasteiger charge is -2.12. The number of alkyl halides is 3. The number of halogens is 4. The number of rotatable bonds is 8. The lowest BCUT2D eigenvalue weighted by Crippen LogP contribution is -2.14. The summed E-state index contributed by atoms with van der Waals surface area (Å²) in [5.41, 5.74) is 2.09. The van der Waals surface area contributed by atoms with Crippen molar-refractivity contribution in [1.82, 2.24) is 0 Å². The van der Waals surface area contributed by atoms with E-state index in [4.69, 9.17) is 0 Å². The van der Waals surface area contributed by atoms with Gasteiger partial charge in [0.1, 0.15) is 5.82 Å². The van der Waals surface area contributed by atoms with E-state index >= 15 is 0 Å². The maximum atomic E-state index is 13.3. The molecule has 0 bridgehead atoms. The van der Waals surface area contributed by atoms with Crippen LogP contribution in [-0.2, 0) is 29.0 Å². The molecule has 0 saturated heterocycles. The number of benzene rings is 4. The van der Waals surface area contributed by atoms with Crippen LogP contribution in [0.5, 0.6) is 0 Å². The van der Waals surface area contributed by atoms with Crippen molar-refractivity contribution >= 4 is 21.7 Å². The van der Waals surface area contributed by atoms with Gasteiger partial charge >= 0.3 is 12.1 Å². The molecule has 4 aromatic rings. The standard InChI is InChI=1S/C28H21F4NO4S/c29-23-11-6-19(7-12-23)20-8-15-26(27(34)35)21(17-20)5-4-18-2-1-3-24(16-18)33-38(36,37)25-13-9-22(10-14-25)28(30,31)32/h1-3,6-17,33H,4-5H2,(H,34,35). The highest BCUT2D eigenvalue weighted by Gasteiger charge is 2.30. The number of hydrogen-bond acceptors (Lipinski definition) is 3. The van der Waals surface area contributed by atoms with Crippen molar-refractivity contribution in [1.29, 1.82) is 0 Å². The highest BCUT2D eigenvalue weighted by Crippen LogP contribution is 2.30. The second-order valence-corrected chi connectivity index (χ2v) is 10.2. The van der Waals surface area contributed by atoms with Gasteiger partial charge in [-0.25, -0.2) is 17.6 Å². The second-order valence-electron chi connectivity index (χ2n) is 8.51. The zero-order valence-corrected chi connectivity index (χ0v) is 20.5. The molecule has 4 rings (SSSR count). The summed E-state index contributed by atoms with van der Waals surface area (Å²) in [5, 5.41) is 9.61. The number of aromatic carboxylic acids is 1. The topological polar surface area (TPSA) is 83.5 Å². The predicted molar refractivity (Wildman–Crippen MR) is 135 cm³/mol. The van der Waals surface area contributed by atoms with Gasteiger partial charge in [-0.3, -0.25) is 4.72 Å². The maximum absolute atomic E-state index is 13.3. The smallest absolute Gasteiger partial charge is 0.416 e. The molecule has 0 atom stereocenters. The van der Waals surface area contributed by atoms with Crippen molar-refractivity contribution < 1.29 is 35.9 Å². The zero-order chi connectivity index (χ0) is 27.5. The van der Waals surface area contributed by atoms with E-state index in [-0.39, 0.29) is 22.0 Å². The van der Waals surface area contributed by atoms with Crippen molar-refractivity contribution in [3.05, 3.63) is 119 Å². The number of carboxylic acid groups (broad SMARTS) is 1. The van der Waals surface area contributed by atoms with Crippen LogP contribution >= 0.6 is 0 Å². The Morgan fingerprint density at radius 3 is 2.11 bits per heavy atom. The number of carbonyl (C=O) groups is 1. The molecule has 0 amide bonds. The van der Waals surface area contributed by atoms with E-state index in [9.17, 15) is 35.9 Å². The average molecular weight is 544 g/mol. The van der Waals surface area contributed by atoms with Gasteiger partial charge in [0.2, 0.25) is 0 Å². The summed E-state index contributed by atoms with van der Waals surface area (Å²) in [5.74, 6) is -1.48. The molecule has 0 aliphatic rings. The van der Waals surface area contributed by atoms with Gasteiger partial charge in [0.05, 0.1) is 16.0 Å². The molecular formula is C28H21F4NO4S. The van der Waals surface area contributed by atoms with Crippen molar-refractivity contribution in [3.63, 3.8) is 0 Å². The van der Waals surface area contributed by atoms with E-state index in [1.54, 1.807) is 42.5 Å². The molecule has 0 aliphatic carbocycles. The minimum absolute atomic E-state index is 0.120.